The number of hydrogen-bond acceptors (Lipinski definition) is 1. The molecule has 2 nitrogen and oxygen atoms in total. The lowest BCUT2D eigenvalue weighted by Crippen LogP contribution is -2.24. The van der Waals surface area contributed by atoms with Crippen molar-refractivity contribution in [3.8, 4) is 0 Å². The molecular weight excluding hydrogens is 320 g/mol. The smallest absolute Gasteiger partial charge is 0.318 e. The van der Waals surface area contributed by atoms with Crippen LogP contribution >= 0.6 is 47.8 Å². The van der Waals surface area contributed by atoms with Gasteiger partial charge < -0.3 is 5.11 Å². The maximum atomic E-state index is 10.2. The Morgan fingerprint density at radius 3 is 2.11 bits per heavy atom. The average molecular weight is 325 g/mol. The van der Waals surface area contributed by atoms with E-state index in [1.165, 1.54) is 0 Å². The average Bonchev–Trinajstić information content (AvgIpc) is 1.84. The molecule has 9 heavy (non-hydrogen) atoms. The van der Waals surface area contributed by atoms with Crippen LogP contribution in [0.5, 0.6) is 0 Å². The highest BCUT2D eigenvalue weighted by Crippen LogP contribution is 2.16. The van der Waals surface area contributed by atoms with Crippen molar-refractivity contribution in [2.24, 2.45) is 0 Å². The molecule has 54 valence electrons. The highest BCUT2D eigenvalue weighted by Gasteiger charge is 2.21. The summed E-state index contributed by atoms with van der Waals surface area (Å²) in [5.41, 5.74) is 0. The lowest BCUT2D eigenvalue weighted by atomic mass is 10.3. The van der Waals surface area contributed by atoms with E-state index in [9.17, 15) is 4.79 Å². The minimum absolute atomic E-state index is 0.0602. The lowest BCUT2D eigenvalue weighted by molar-refractivity contribution is -0.136. The Hall–Kier alpha value is 0.910. The number of rotatable bonds is 3. The zero-order valence-electron chi connectivity index (χ0n) is 4.35. The third-order valence-electron chi connectivity index (χ3n) is 0.701. The van der Waals surface area contributed by atoms with E-state index < -0.39 is 10.8 Å². The van der Waals surface area contributed by atoms with Crippen molar-refractivity contribution in [2.45, 2.75) is 9.65 Å². The Morgan fingerprint density at radius 1 is 1.56 bits per heavy atom. The van der Waals surface area contributed by atoms with E-state index in [4.69, 9.17) is 5.11 Å². The van der Waals surface area contributed by atoms with E-state index in [0.717, 1.165) is 0 Å². The van der Waals surface area contributed by atoms with E-state index in [-0.39, 0.29) is 4.83 Å². The van der Waals surface area contributed by atoms with Crippen molar-refractivity contribution in [2.75, 3.05) is 5.33 Å². The molecule has 0 spiro atoms. The molecule has 0 saturated carbocycles. The summed E-state index contributed by atoms with van der Waals surface area (Å²) in [5.74, 6) is -0.851. The van der Waals surface area contributed by atoms with Crippen LogP contribution in [0.4, 0.5) is 0 Å². The molecule has 0 aromatic rings. The molecule has 0 fully saturated rings. The number of hydrogen-bond donors (Lipinski definition) is 1. The quantitative estimate of drug-likeness (QED) is 0.806. The summed E-state index contributed by atoms with van der Waals surface area (Å²) in [6, 6.07) is 0. The molecule has 0 rings (SSSR count). The highest BCUT2D eigenvalue weighted by molar-refractivity contribution is 9.13. The van der Waals surface area contributed by atoms with Gasteiger partial charge in [0.1, 0.15) is 4.83 Å². The SMILES string of the molecule is O=C(O)[C@H](Br)[C@H](Br)CBr. The molecule has 0 aliphatic rings. The molecule has 0 aliphatic heterocycles. The standard InChI is InChI=1S/C4H5Br3O2/c5-1-2(6)3(7)4(8)9/h2-3H,1H2,(H,8,9)/t2-,3-/m1/s1. The van der Waals surface area contributed by atoms with Crippen LogP contribution in [-0.2, 0) is 4.79 Å². The van der Waals surface area contributed by atoms with Gasteiger partial charge in [-0.05, 0) is 0 Å². The van der Waals surface area contributed by atoms with E-state index in [2.05, 4.69) is 47.8 Å². The van der Waals surface area contributed by atoms with Gasteiger partial charge in [-0.25, -0.2) is 0 Å². The lowest BCUT2D eigenvalue weighted by Gasteiger charge is -2.07. The zero-order chi connectivity index (χ0) is 7.44. The monoisotopic (exact) mass is 322 g/mol. The van der Waals surface area contributed by atoms with Gasteiger partial charge in [-0.1, -0.05) is 47.8 Å². The van der Waals surface area contributed by atoms with Crippen molar-refractivity contribution in [1.29, 1.82) is 0 Å². The van der Waals surface area contributed by atoms with Crippen molar-refractivity contribution in [1.82, 2.24) is 0 Å². The van der Waals surface area contributed by atoms with E-state index >= 15 is 0 Å². The molecule has 0 aliphatic carbocycles. The fraction of sp³-hybridized carbons (Fsp3) is 0.750. The second kappa shape index (κ2) is 4.68. The van der Waals surface area contributed by atoms with Gasteiger partial charge in [0.25, 0.3) is 0 Å². The van der Waals surface area contributed by atoms with Crippen LogP contribution in [0.25, 0.3) is 0 Å². The largest absolute Gasteiger partial charge is 0.480 e. The third kappa shape index (κ3) is 3.57. The van der Waals surface area contributed by atoms with Gasteiger partial charge in [0.15, 0.2) is 0 Å². The predicted molar refractivity (Wildman–Crippen MR) is 46.9 cm³/mol. The van der Waals surface area contributed by atoms with Crippen molar-refractivity contribution >= 4 is 53.8 Å². The molecule has 0 aromatic carbocycles. The first kappa shape index (κ1) is 9.91. The van der Waals surface area contributed by atoms with Crippen LogP contribution in [0.1, 0.15) is 0 Å². The van der Waals surface area contributed by atoms with Crippen molar-refractivity contribution in [3.63, 3.8) is 0 Å². The molecule has 5 heteroatoms. The molecule has 0 saturated heterocycles. The number of halogens is 3. The highest BCUT2D eigenvalue weighted by atomic mass is 79.9. The minimum Gasteiger partial charge on any atom is -0.480 e. The summed E-state index contributed by atoms with van der Waals surface area (Å²) in [4.78, 5) is 9.62. The van der Waals surface area contributed by atoms with E-state index in [1.54, 1.807) is 0 Å². The normalized spacial score (nSPS) is 16.8. The molecule has 0 radical (unpaired) electrons. The summed E-state index contributed by atoms with van der Waals surface area (Å²) in [7, 11) is 0. The summed E-state index contributed by atoms with van der Waals surface area (Å²) in [6.07, 6.45) is 0. The molecule has 0 bridgehead atoms. The third-order valence-corrected chi connectivity index (χ3v) is 4.86. The second-order valence-electron chi connectivity index (χ2n) is 1.41. The Labute approximate surface area is 78.4 Å². The minimum atomic E-state index is -0.851. The van der Waals surface area contributed by atoms with Crippen molar-refractivity contribution < 1.29 is 9.90 Å². The van der Waals surface area contributed by atoms with E-state index in [1.807, 2.05) is 0 Å². The zero-order valence-corrected chi connectivity index (χ0v) is 9.11. The topological polar surface area (TPSA) is 37.3 Å². The van der Waals surface area contributed by atoms with Crippen LogP contribution in [0.2, 0.25) is 0 Å². The van der Waals surface area contributed by atoms with Gasteiger partial charge in [0, 0.05) is 10.2 Å². The molecule has 0 heterocycles. The first-order valence-electron chi connectivity index (χ1n) is 2.16. The number of alkyl halides is 3. The molecule has 0 aromatic heterocycles. The first-order valence-corrected chi connectivity index (χ1v) is 5.11. The van der Waals surface area contributed by atoms with Gasteiger partial charge in [-0.2, -0.15) is 0 Å². The van der Waals surface area contributed by atoms with Crippen LogP contribution in [0.15, 0.2) is 0 Å². The molecule has 0 amide bonds. The Morgan fingerprint density at radius 2 is 2.00 bits per heavy atom. The summed E-state index contributed by atoms with van der Waals surface area (Å²) in [5, 5.41) is 9.01. The number of carboxylic acids is 1. The van der Waals surface area contributed by atoms with E-state index in [0.29, 0.717) is 5.33 Å². The van der Waals surface area contributed by atoms with Crippen molar-refractivity contribution in [3.05, 3.63) is 0 Å². The maximum absolute atomic E-state index is 10.2. The Kier molecular flexibility index (Phi) is 5.16. The second-order valence-corrected chi connectivity index (χ2v) is 4.22. The maximum Gasteiger partial charge on any atom is 0.318 e. The summed E-state index contributed by atoms with van der Waals surface area (Å²) >= 11 is 9.30. The molecular formula is C4H5Br3O2. The van der Waals surface area contributed by atoms with Gasteiger partial charge in [0.2, 0.25) is 0 Å². The molecule has 1 N–H and O–H groups in total. The summed E-state index contributed by atoms with van der Waals surface area (Å²) < 4.78 is 0. The van der Waals surface area contributed by atoms with Crippen LogP contribution in [0, 0.1) is 0 Å². The summed E-state index contributed by atoms with van der Waals surface area (Å²) in [6.45, 7) is 0. The van der Waals surface area contributed by atoms with Gasteiger partial charge in [-0.15, -0.1) is 0 Å². The predicted octanol–water partition coefficient (Wildman–Crippen LogP) is 1.99. The van der Waals surface area contributed by atoms with Gasteiger partial charge in [0.05, 0.1) is 0 Å². The van der Waals surface area contributed by atoms with Crippen LogP contribution in [0.3, 0.4) is 0 Å². The van der Waals surface area contributed by atoms with Crippen LogP contribution < -0.4 is 0 Å². The van der Waals surface area contributed by atoms with Crippen LogP contribution in [-0.4, -0.2) is 26.1 Å². The van der Waals surface area contributed by atoms with Gasteiger partial charge >= 0.3 is 5.97 Å². The Bertz CT molecular complexity index is 106. The number of aliphatic carboxylic acids is 1. The number of carboxylic acid groups (broad SMARTS) is 1. The Balaban J connectivity index is 3.72. The molecule has 2 atom stereocenters. The first-order chi connectivity index (χ1) is 4.09. The fourth-order valence-corrected chi connectivity index (χ4v) is 1.52. The number of carbonyl (C=O) groups is 1. The van der Waals surface area contributed by atoms with Gasteiger partial charge in [-0.3, -0.25) is 4.79 Å². The molecule has 0 unspecified atom stereocenters. The fourth-order valence-electron chi connectivity index (χ4n) is 0.233.